The maximum atomic E-state index is 13.1. The lowest BCUT2D eigenvalue weighted by Gasteiger charge is -2.21. The Morgan fingerprint density at radius 1 is 0.279 bits per heavy atom. The van der Waals surface area contributed by atoms with Crippen LogP contribution in [0.2, 0.25) is 0 Å². The summed E-state index contributed by atoms with van der Waals surface area (Å²) in [7, 11) is -10.0. The molecule has 17 nitrogen and oxygen atoms in total. The monoisotopic (exact) mass is 1490 g/mol. The Kier molecular flexibility index (Phi) is 72.0. The molecule has 0 spiro atoms. The van der Waals surface area contributed by atoms with Gasteiger partial charge in [-0.3, -0.25) is 37.3 Å². The molecule has 0 radical (unpaired) electrons. The number of phosphoric acid groups is 2. The fraction of sp³-hybridized carbons (Fsp3) is 0.647. The fourth-order valence-corrected chi connectivity index (χ4v) is 11.6. The van der Waals surface area contributed by atoms with E-state index >= 15 is 0 Å². The van der Waals surface area contributed by atoms with Gasteiger partial charge in [0.2, 0.25) is 0 Å². The van der Waals surface area contributed by atoms with Crippen molar-refractivity contribution in [3.05, 3.63) is 158 Å². The number of esters is 4. The molecule has 0 saturated heterocycles. The summed E-state index contributed by atoms with van der Waals surface area (Å²) in [5.74, 6) is -2.38. The summed E-state index contributed by atoms with van der Waals surface area (Å²) >= 11 is 0. The van der Waals surface area contributed by atoms with Gasteiger partial charge in [0.25, 0.3) is 0 Å². The van der Waals surface area contributed by atoms with Crippen molar-refractivity contribution in [2.24, 2.45) is 0 Å². The van der Waals surface area contributed by atoms with E-state index in [4.69, 9.17) is 37.0 Å². The molecule has 5 atom stereocenters. The summed E-state index contributed by atoms with van der Waals surface area (Å²) in [5.41, 5.74) is 0. The molecule has 0 rings (SSSR count). The second-order valence-electron chi connectivity index (χ2n) is 25.9. The van der Waals surface area contributed by atoms with E-state index < -0.39 is 97.5 Å². The van der Waals surface area contributed by atoms with Crippen molar-refractivity contribution in [2.75, 3.05) is 39.6 Å². The van der Waals surface area contributed by atoms with E-state index in [1.807, 2.05) is 36.5 Å². The van der Waals surface area contributed by atoms with Gasteiger partial charge in [-0.2, -0.15) is 0 Å². The predicted molar refractivity (Wildman–Crippen MR) is 427 cm³/mol. The van der Waals surface area contributed by atoms with Crippen LogP contribution in [0.1, 0.15) is 297 Å². The van der Waals surface area contributed by atoms with Crippen molar-refractivity contribution in [3.8, 4) is 0 Å². The van der Waals surface area contributed by atoms with Crippen molar-refractivity contribution in [1.29, 1.82) is 0 Å². The highest BCUT2D eigenvalue weighted by Crippen LogP contribution is 2.45. The van der Waals surface area contributed by atoms with Gasteiger partial charge in [-0.15, -0.1) is 0 Å². The van der Waals surface area contributed by atoms with E-state index in [0.717, 1.165) is 128 Å². The van der Waals surface area contributed by atoms with Gasteiger partial charge in [-0.05, 0) is 128 Å². The van der Waals surface area contributed by atoms with E-state index in [1.165, 1.54) is 77.0 Å². The van der Waals surface area contributed by atoms with Crippen molar-refractivity contribution >= 4 is 39.5 Å². The van der Waals surface area contributed by atoms with Gasteiger partial charge in [0, 0.05) is 25.7 Å². The van der Waals surface area contributed by atoms with Crippen molar-refractivity contribution in [3.63, 3.8) is 0 Å². The van der Waals surface area contributed by atoms with Crippen LogP contribution in [0.15, 0.2) is 158 Å². The topological polar surface area (TPSA) is 237 Å². The molecule has 19 heteroatoms. The molecule has 0 aliphatic carbocycles. The minimum Gasteiger partial charge on any atom is -0.462 e. The van der Waals surface area contributed by atoms with Gasteiger partial charge in [0.1, 0.15) is 19.3 Å². The van der Waals surface area contributed by atoms with Crippen LogP contribution < -0.4 is 0 Å². The number of rotatable bonds is 73. The number of aliphatic hydroxyl groups excluding tert-OH is 1. The summed E-state index contributed by atoms with van der Waals surface area (Å²) in [4.78, 5) is 72.9. The number of carbonyl (C=O) groups excluding carboxylic acids is 4. The summed E-state index contributed by atoms with van der Waals surface area (Å²) in [5, 5.41) is 10.6. The van der Waals surface area contributed by atoms with E-state index in [9.17, 15) is 43.2 Å². The molecule has 0 aromatic heterocycles. The molecule has 5 unspecified atom stereocenters. The lowest BCUT2D eigenvalue weighted by Crippen LogP contribution is -2.30. The standard InChI is InChI=1S/C85H140O17P2/c1-5-9-13-17-21-25-29-32-35-37-39-41-44-46-50-53-57-61-65-69-82(87)95-75-80(101-84(89)71-67-63-59-55-49-28-24-20-16-12-8-4)77-99-103(91,92)97-73-79(86)74-98-104(93,94)100-78-81(102-85(90)72-68-64-60-56-52-48-43-34-31-27-23-19-15-11-7-3)76-96-83(88)70-66-62-58-54-51-47-45-42-40-38-36-33-30-26-22-18-14-10-6-2/h9-10,13-14,21-22,25-26,32-36,39-43,46-47,50-51,57-58,61-62,79-81,86H,5-8,11-12,15-20,23-24,27-31,37-38,44-45,48-49,52-56,59-60,63-78H2,1-4H3,(H,91,92)(H,93,94)/b13-9-,14-10-,25-21-,26-22-,35-32-,36-33-,41-39-,42-40-,43-34-,50-46-,51-47-,61-57-,62-58-. The number of unbranched alkanes of at least 4 members (excludes halogenated alkanes) is 21. The molecule has 592 valence electrons. The van der Waals surface area contributed by atoms with Gasteiger partial charge < -0.3 is 33.8 Å². The number of ether oxygens (including phenoxy) is 4. The molecule has 0 aromatic rings. The largest absolute Gasteiger partial charge is 0.472 e. The van der Waals surface area contributed by atoms with Crippen LogP contribution in [0.5, 0.6) is 0 Å². The van der Waals surface area contributed by atoms with Crippen LogP contribution in [-0.2, 0) is 65.4 Å². The lowest BCUT2D eigenvalue weighted by atomic mass is 10.1. The first-order valence-corrected chi connectivity index (χ1v) is 42.7. The zero-order valence-electron chi connectivity index (χ0n) is 64.6. The highest BCUT2D eigenvalue weighted by Gasteiger charge is 2.30. The zero-order valence-corrected chi connectivity index (χ0v) is 66.4. The van der Waals surface area contributed by atoms with E-state index in [2.05, 4.69) is 149 Å². The van der Waals surface area contributed by atoms with Crippen LogP contribution in [0, 0.1) is 0 Å². The molecule has 0 aliphatic heterocycles. The first kappa shape index (κ1) is 98.7. The fourth-order valence-electron chi connectivity index (χ4n) is 10.0. The van der Waals surface area contributed by atoms with Crippen LogP contribution in [0.4, 0.5) is 0 Å². The van der Waals surface area contributed by atoms with E-state index in [-0.39, 0.29) is 25.7 Å². The van der Waals surface area contributed by atoms with E-state index in [0.29, 0.717) is 38.5 Å². The Hall–Kier alpha value is -5.32. The number of allylic oxidation sites excluding steroid dienone is 26. The highest BCUT2D eigenvalue weighted by molar-refractivity contribution is 7.47. The number of carbonyl (C=O) groups is 4. The first-order valence-electron chi connectivity index (χ1n) is 39.7. The lowest BCUT2D eigenvalue weighted by molar-refractivity contribution is -0.161. The molecule has 3 N–H and O–H groups in total. The Labute approximate surface area is 629 Å². The second kappa shape index (κ2) is 75.9. The molecular formula is C85H140O17P2. The van der Waals surface area contributed by atoms with Gasteiger partial charge in [0.05, 0.1) is 26.4 Å². The van der Waals surface area contributed by atoms with Crippen molar-refractivity contribution in [1.82, 2.24) is 0 Å². The van der Waals surface area contributed by atoms with Crippen LogP contribution in [0.3, 0.4) is 0 Å². The highest BCUT2D eigenvalue weighted by atomic mass is 31.2. The third-order valence-electron chi connectivity index (χ3n) is 16.0. The average molecular weight is 1500 g/mol. The second-order valence-corrected chi connectivity index (χ2v) is 28.8. The smallest absolute Gasteiger partial charge is 0.462 e. The van der Waals surface area contributed by atoms with Crippen molar-refractivity contribution in [2.45, 2.75) is 316 Å². The normalized spacial score (nSPS) is 14.7. The number of hydrogen-bond acceptors (Lipinski definition) is 15. The molecule has 0 aliphatic rings. The Balaban J connectivity index is 5.46. The van der Waals surface area contributed by atoms with Crippen LogP contribution in [0.25, 0.3) is 0 Å². The summed E-state index contributed by atoms with van der Waals surface area (Å²) in [6, 6.07) is 0. The van der Waals surface area contributed by atoms with Gasteiger partial charge >= 0.3 is 39.5 Å². The SMILES string of the molecule is CC/C=C\C/C=C\C/C=C\C/C=C\C/C=C\C/C=C\CCC(=O)OCC(COP(=O)(O)OCC(O)COP(=O)(O)OCC(COC(=O)CC/C=C\C/C=C\C/C=C\C/C=C\C/C=C\C/C=C\CC)OC(=O)CCCCCCCCCCCCC)OC(=O)CCCCCCC/C=C\CCCCCCCC. The number of aliphatic hydroxyl groups is 1. The number of phosphoric ester groups is 2. The predicted octanol–water partition coefficient (Wildman–Crippen LogP) is 23.2. The number of hydrogen-bond donors (Lipinski definition) is 3. The Bertz CT molecular complexity index is 2590. The third-order valence-corrected chi connectivity index (χ3v) is 17.9. The average Bonchev–Trinajstić information content (AvgIpc) is 0.929. The molecule has 0 heterocycles. The first-order chi connectivity index (χ1) is 50.7. The summed E-state index contributed by atoms with van der Waals surface area (Å²) in [6.45, 7) is 4.45. The van der Waals surface area contributed by atoms with Gasteiger partial charge in [-0.1, -0.05) is 301 Å². The minimum absolute atomic E-state index is 0.0296. The molecule has 104 heavy (non-hydrogen) atoms. The quantitative estimate of drug-likeness (QED) is 0.0169. The summed E-state index contributed by atoms with van der Waals surface area (Å²) < 4.78 is 68.4. The third kappa shape index (κ3) is 74.9. The maximum absolute atomic E-state index is 13.1. The van der Waals surface area contributed by atoms with Crippen molar-refractivity contribution < 1.29 is 80.2 Å². The van der Waals surface area contributed by atoms with Crippen LogP contribution >= 0.6 is 15.6 Å². The molecule has 0 bridgehead atoms. The Morgan fingerprint density at radius 2 is 0.519 bits per heavy atom. The molecule has 0 saturated carbocycles. The van der Waals surface area contributed by atoms with Crippen LogP contribution in [-0.4, -0.2) is 96.7 Å². The van der Waals surface area contributed by atoms with E-state index in [1.54, 1.807) is 0 Å². The van der Waals surface area contributed by atoms with Gasteiger partial charge in [-0.25, -0.2) is 9.13 Å². The maximum Gasteiger partial charge on any atom is 0.472 e. The molecule has 0 amide bonds. The zero-order chi connectivity index (χ0) is 76.0. The Morgan fingerprint density at radius 3 is 0.808 bits per heavy atom. The minimum atomic E-state index is -5.00. The molecular weight excluding hydrogens is 1350 g/mol. The van der Waals surface area contributed by atoms with Gasteiger partial charge in [0.15, 0.2) is 12.2 Å². The molecule has 0 fully saturated rings. The molecule has 0 aromatic carbocycles. The summed E-state index contributed by atoms with van der Waals surface area (Å²) in [6.07, 6.45) is 88.3.